The van der Waals surface area contributed by atoms with E-state index in [1.165, 1.54) is 12.8 Å². The number of benzene rings is 1. The molecule has 2 aliphatic rings. The molecule has 1 aromatic carbocycles. The van der Waals surface area contributed by atoms with E-state index in [2.05, 4.69) is 24.8 Å². The Morgan fingerprint density at radius 3 is 2.71 bits per heavy atom. The Hall–Kier alpha value is -2.73. The third-order valence-electron chi connectivity index (χ3n) is 6.36. The number of likely N-dealkylation sites (tertiary alicyclic amines) is 1. The predicted molar refractivity (Wildman–Crippen MR) is 108 cm³/mol. The zero-order valence-corrected chi connectivity index (χ0v) is 16.1. The van der Waals surface area contributed by atoms with Crippen LogP contribution in [0.15, 0.2) is 48.9 Å². The van der Waals surface area contributed by atoms with Gasteiger partial charge in [0.1, 0.15) is 5.82 Å². The normalized spacial score (nSPS) is 24.5. The van der Waals surface area contributed by atoms with E-state index in [4.69, 9.17) is 0 Å². The quantitative estimate of drug-likeness (QED) is 0.761. The molecule has 3 aromatic rings. The summed E-state index contributed by atoms with van der Waals surface area (Å²) in [5.41, 5.74) is 1.64. The molecule has 1 N–H and O–H groups in total. The minimum absolute atomic E-state index is 0.0326. The van der Waals surface area contributed by atoms with Crippen LogP contribution in [0, 0.1) is 11.8 Å². The van der Waals surface area contributed by atoms with Gasteiger partial charge in [-0.25, -0.2) is 4.98 Å². The fraction of sp³-hybridized carbons (Fsp3) is 0.409. The number of nitrogens with one attached hydrogen (secondary N) is 1. The molecule has 2 aromatic heterocycles. The summed E-state index contributed by atoms with van der Waals surface area (Å²) in [4.78, 5) is 24.2. The maximum atomic E-state index is 12.9. The molecule has 2 atom stereocenters. The monoisotopic (exact) mass is 375 g/mol. The molecule has 1 saturated heterocycles. The molecule has 1 aliphatic heterocycles. The van der Waals surface area contributed by atoms with Crippen LogP contribution in [-0.2, 0) is 13.6 Å². The van der Waals surface area contributed by atoms with Crippen LogP contribution < -0.4 is 5.32 Å². The lowest BCUT2D eigenvalue weighted by molar-refractivity contribution is 0.0819. The highest BCUT2D eigenvalue weighted by molar-refractivity contribution is 5.98. The van der Waals surface area contributed by atoms with Crippen molar-refractivity contribution in [2.45, 2.75) is 25.4 Å². The van der Waals surface area contributed by atoms with E-state index >= 15 is 0 Å². The number of piperidine rings is 1. The highest BCUT2D eigenvalue weighted by atomic mass is 16.1. The Labute approximate surface area is 164 Å². The lowest BCUT2D eigenvalue weighted by atomic mass is 9.91. The van der Waals surface area contributed by atoms with Crippen LogP contribution in [0.4, 0.5) is 0 Å². The van der Waals surface area contributed by atoms with Gasteiger partial charge in [-0.1, -0.05) is 6.07 Å². The SMILES string of the molecule is Cn1ccnc1CN1CC2CCC(C1)C2NC(=O)c1ccc2ncccc2c1. The van der Waals surface area contributed by atoms with Crippen molar-refractivity contribution in [3.63, 3.8) is 0 Å². The standard InChI is InChI=1S/C22H25N5O/c1-26-10-9-24-20(26)14-27-12-17-4-5-18(13-27)21(17)25-22(28)16-6-7-19-15(11-16)3-2-8-23-19/h2-3,6-11,17-18,21H,4-5,12-14H2,1H3,(H,25,28). The van der Waals surface area contributed by atoms with Gasteiger partial charge in [0.05, 0.1) is 12.1 Å². The minimum Gasteiger partial charge on any atom is -0.349 e. The van der Waals surface area contributed by atoms with Crippen LogP contribution in [-0.4, -0.2) is 44.5 Å². The van der Waals surface area contributed by atoms with Crippen molar-refractivity contribution < 1.29 is 4.79 Å². The molecule has 144 valence electrons. The second-order valence-corrected chi connectivity index (χ2v) is 8.16. The summed E-state index contributed by atoms with van der Waals surface area (Å²) in [6.45, 7) is 2.93. The van der Waals surface area contributed by atoms with E-state index in [9.17, 15) is 4.79 Å². The van der Waals surface area contributed by atoms with Crippen LogP contribution >= 0.6 is 0 Å². The highest BCUT2D eigenvalue weighted by Crippen LogP contribution is 2.37. The van der Waals surface area contributed by atoms with Gasteiger partial charge in [-0.05, 0) is 48.9 Å². The number of imidazole rings is 1. The number of carbonyl (C=O) groups is 1. The first-order chi connectivity index (χ1) is 13.7. The summed E-state index contributed by atoms with van der Waals surface area (Å²) in [5, 5.41) is 4.35. The summed E-state index contributed by atoms with van der Waals surface area (Å²) in [7, 11) is 2.04. The number of aromatic nitrogens is 3. The van der Waals surface area contributed by atoms with Gasteiger partial charge in [-0.2, -0.15) is 0 Å². The molecule has 1 aliphatic carbocycles. The number of carbonyl (C=O) groups excluding carboxylic acids is 1. The lowest BCUT2D eigenvalue weighted by Gasteiger charge is -2.38. The summed E-state index contributed by atoms with van der Waals surface area (Å²) < 4.78 is 2.09. The van der Waals surface area contributed by atoms with E-state index in [0.29, 0.717) is 11.8 Å². The molecule has 0 radical (unpaired) electrons. The first kappa shape index (κ1) is 17.4. The predicted octanol–water partition coefficient (Wildman–Crippen LogP) is 2.61. The fourth-order valence-electron chi connectivity index (χ4n) is 4.88. The third-order valence-corrected chi connectivity index (χ3v) is 6.36. The first-order valence-electron chi connectivity index (χ1n) is 10.0. The molecule has 3 heterocycles. The van der Waals surface area contributed by atoms with Crippen LogP contribution in [0.25, 0.3) is 10.9 Å². The molecule has 1 amide bonds. The third kappa shape index (κ3) is 3.18. The van der Waals surface area contributed by atoms with Gasteiger partial charge in [0.25, 0.3) is 5.91 Å². The number of rotatable bonds is 4. The number of amides is 1. The molecule has 1 saturated carbocycles. The second-order valence-electron chi connectivity index (χ2n) is 8.16. The molecule has 5 rings (SSSR count). The van der Waals surface area contributed by atoms with E-state index in [-0.39, 0.29) is 11.9 Å². The van der Waals surface area contributed by atoms with E-state index in [0.717, 1.165) is 41.9 Å². The number of fused-ring (bicyclic) bond motifs is 3. The molecule has 2 bridgehead atoms. The number of aryl methyl sites for hydroxylation is 1. The number of pyridine rings is 1. The maximum Gasteiger partial charge on any atom is 0.251 e. The van der Waals surface area contributed by atoms with Crippen LogP contribution in [0.5, 0.6) is 0 Å². The maximum absolute atomic E-state index is 12.9. The average molecular weight is 375 g/mol. The number of nitrogens with zero attached hydrogens (tertiary/aromatic N) is 4. The van der Waals surface area contributed by atoms with E-state index in [1.54, 1.807) is 6.20 Å². The van der Waals surface area contributed by atoms with Crippen molar-refractivity contribution in [2.75, 3.05) is 13.1 Å². The van der Waals surface area contributed by atoms with Crippen LogP contribution in [0.1, 0.15) is 29.0 Å². The van der Waals surface area contributed by atoms with Gasteiger partial charge in [0.2, 0.25) is 0 Å². The van der Waals surface area contributed by atoms with Crippen molar-refractivity contribution in [2.24, 2.45) is 18.9 Å². The molecule has 28 heavy (non-hydrogen) atoms. The molecule has 2 fully saturated rings. The fourth-order valence-corrected chi connectivity index (χ4v) is 4.88. The largest absolute Gasteiger partial charge is 0.349 e. The van der Waals surface area contributed by atoms with Crippen molar-refractivity contribution in [1.82, 2.24) is 24.8 Å². The van der Waals surface area contributed by atoms with E-state index < -0.39 is 0 Å². The molecular weight excluding hydrogens is 350 g/mol. The Bertz CT molecular complexity index is 999. The van der Waals surface area contributed by atoms with Gasteiger partial charge in [0, 0.05) is 55.7 Å². The van der Waals surface area contributed by atoms with Crippen molar-refractivity contribution >= 4 is 16.8 Å². The minimum atomic E-state index is 0.0326. The van der Waals surface area contributed by atoms with Gasteiger partial charge in [-0.3, -0.25) is 14.7 Å². The summed E-state index contributed by atoms with van der Waals surface area (Å²) >= 11 is 0. The first-order valence-corrected chi connectivity index (χ1v) is 10.0. The average Bonchev–Trinajstić information content (AvgIpc) is 3.20. The van der Waals surface area contributed by atoms with Gasteiger partial charge < -0.3 is 9.88 Å². The van der Waals surface area contributed by atoms with Gasteiger partial charge in [-0.15, -0.1) is 0 Å². The van der Waals surface area contributed by atoms with Crippen LogP contribution in [0.2, 0.25) is 0 Å². The van der Waals surface area contributed by atoms with Crippen molar-refractivity contribution in [1.29, 1.82) is 0 Å². The van der Waals surface area contributed by atoms with Gasteiger partial charge in [0.15, 0.2) is 0 Å². The Morgan fingerprint density at radius 2 is 1.96 bits per heavy atom. The summed E-state index contributed by atoms with van der Waals surface area (Å²) in [6.07, 6.45) is 8.01. The number of hydrogen-bond acceptors (Lipinski definition) is 4. The van der Waals surface area contributed by atoms with Crippen LogP contribution in [0.3, 0.4) is 0 Å². The van der Waals surface area contributed by atoms with E-state index in [1.807, 2.05) is 49.8 Å². The summed E-state index contributed by atoms with van der Waals surface area (Å²) in [6, 6.07) is 9.92. The van der Waals surface area contributed by atoms with Gasteiger partial charge >= 0.3 is 0 Å². The molecular formula is C22H25N5O. The molecule has 6 heteroatoms. The summed E-state index contributed by atoms with van der Waals surface area (Å²) in [5.74, 6) is 2.17. The smallest absolute Gasteiger partial charge is 0.251 e. The highest BCUT2D eigenvalue weighted by Gasteiger charge is 2.42. The lowest BCUT2D eigenvalue weighted by Crippen LogP contribution is -2.52. The zero-order chi connectivity index (χ0) is 19.1. The zero-order valence-electron chi connectivity index (χ0n) is 16.1. The molecule has 0 spiro atoms. The topological polar surface area (TPSA) is 63.1 Å². The van der Waals surface area contributed by atoms with Crippen molar-refractivity contribution in [3.8, 4) is 0 Å². The molecule has 2 unspecified atom stereocenters. The number of hydrogen-bond donors (Lipinski definition) is 1. The molecule has 6 nitrogen and oxygen atoms in total. The Morgan fingerprint density at radius 1 is 1.14 bits per heavy atom. The Balaban J connectivity index is 1.27. The van der Waals surface area contributed by atoms with Crippen molar-refractivity contribution in [3.05, 3.63) is 60.3 Å². The Kier molecular flexibility index (Phi) is 4.36. The second kappa shape index (κ2) is 7.02.